The molecule has 2 aromatic carbocycles. The molecule has 3 rings (SSSR count). The zero-order valence-electron chi connectivity index (χ0n) is 12.3. The summed E-state index contributed by atoms with van der Waals surface area (Å²) in [4.78, 5) is 12.8. The zero-order valence-corrected chi connectivity index (χ0v) is 12.3. The van der Waals surface area contributed by atoms with Crippen LogP contribution < -0.4 is 0 Å². The van der Waals surface area contributed by atoms with Crippen molar-refractivity contribution < 1.29 is 4.79 Å². The molecule has 0 spiro atoms. The third-order valence-corrected chi connectivity index (χ3v) is 4.08. The van der Waals surface area contributed by atoms with Crippen molar-refractivity contribution in [2.24, 2.45) is 5.92 Å². The van der Waals surface area contributed by atoms with Gasteiger partial charge in [0, 0.05) is 17.1 Å². The number of allylic oxidation sites excluding steroid dienone is 4. The number of hydrogen-bond donors (Lipinski definition) is 0. The summed E-state index contributed by atoms with van der Waals surface area (Å²) >= 11 is 0. The molecule has 0 amide bonds. The summed E-state index contributed by atoms with van der Waals surface area (Å²) in [5.41, 5.74) is 5.18. The molecule has 0 bridgehead atoms. The van der Waals surface area contributed by atoms with Gasteiger partial charge in [0.2, 0.25) is 0 Å². The summed E-state index contributed by atoms with van der Waals surface area (Å²) in [7, 11) is 0. The Morgan fingerprint density at radius 1 is 0.905 bits per heavy atom. The number of Topliss-reactive ketones (excluding diaryl/α,β-unsaturated/α-hetero) is 1. The summed E-state index contributed by atoms with van der Waals surface area (Å²) in [6, 6.07) is 19.8. The van der Waals surface area contributed by atoms with E-state index in [-0.39, 0.29) is 11.7 Å². The minimum Gasteiger partial charge on any atom is -0.289 e. The van der Waals surface area contributed by atoms with Crippen molar-refractivity contribution in [3.8, 4) is 0 Å². The highest BCUT2D eigenvalue weighted by atomic mass is 16.1. The van der Waals surface area contributed by atoms with Gasteiger partial charge in [-0.2, -0.15) is 0 Å². The molecule has 1 heteroatoms. The maximum absolute atomic E-state index is 12.8. The minimum atomic E-state index is 0.139. The average molecular weight is 274 g/mol. The van der Waals surface area contributed by atoms with Crippen LogP contribution in [0.15, 0.2) is 77.9 Å². The van der Waals surface area contributed by atoms with Crippen LogP contribution in [0.4, 0.5) is 0 Å². The number of ketones is 1. The van der Waals surface area contributed by atoms with Gasteiger partial charge in [0.15, 0.2) is 5.78 Å². The first-order chi connectivity index (χ1) is 10.2. The lowest BCUT2D eigenvalue weighted by atomic mass is 9.88. The van der Waals surface area contributed by atoms with Crippen LogP contribution in [0, 0.1) is 5.92 Å². The van der Waals surface area contributed by atoms with E-state index in [1.54, 1.807) is 0 Å². The van der Waals surface area contributed by atoms with E-state index in [2.05, 4.69) is 25.1 Å². The van der Waals surface area contributed by atoms with Gasteiger partial charge in [-0.25, -0.2) is 0 Å². The number of carbonyl (C=O) groups is 1. The van der Waals surface area contributed by atoms with Crippen LogP contribution in [0.2, 0.25) is 0 Å². The van der Waals surface area contributed by atoms with Crippen molar-refractivity contribution in [3.05, 3.63) is 89.0 Å². The lowest BCUT2D eigenvalue weighted by molar-refractivity contribution is 0.102. The van der Waals surface area contributed by atoms with Crippen LogP contribution in [0.3, 0.4) is 0 Å². The maximum Gasteiger partial charge on any atom is 0.189 e. The van der Waals surface area contributed by atoms with Gasteiger partial charge >= 0.3 is 0 Å². The molecule has 0 saturated heterocycles. The largest absolute Gasteiger partial charge is 0.289 e. The van der Waals surface area contributed by atoms with E-state index in [0.29, 0.717) is 0 Å². The molecule has 21 heavy (non-hydrogen) atoms. The summed E-state index contributed by atoms with van der Waals surface area (Å²) in [6.07, 6.45) is 2.15. The van der Waals surface area contributed by atoms with Crippen LogP contribution in [0.25, 0.3) is 5.57 Å². The average Bonchev–Trinajstić information content (AvgIpc) is 2.83. The van der Waals surface area contributed by atoms with E-state index >= 15 is 0 Å². The van der Waals surface area contributed by atoms with Crippen molar-refractivity contribution in [2.45, 2.75) is 13.8 Å². The summed E-state index contributed by atoms with van der Waals surface area (Å²) in [5, 5.41) is 0. The van der Waals surface area contributed by atoms with Crippen LogP contribution in [0.1, 0.15) is 29.8 Å². The second-order valence-corrected chi connectivity index (χ2v) is 5.48. The third-order valence-electron chi connectivity index (χ3n) is 4.08. The molecule has 104 valence electrons. The van der Waals surface area contributed by atoms with E-state index in [9.17, 15) is 4.79 Å². The third kappa shape index (κ3) is 2.47. The molecule has 0 heterocycles. The first-order valence-electron chi connectivity index (χ1n) is 7.26. The van der Waals surface area contributed by atoms with Gasteiger partial charge < -0.3 is 0 Å². The van der Waals surface area contributed by atoms with E-state index in [4.69, 9.17) is 0 Å². The fourth-order valence-corrected chi connectivity index (χ4v) is 3.02. The Kier molecular flexibility index (Phi) is 3.57. The molecule has 0 radical (unpaired) electrons. The fourth-order valence-electron chi connectivity index (χ4n) is 3.02. The van der Waals surface area contributed by atoms with E-state index in [0.717, 1.165) is 16.7 Å². The molecular formula is C20H18O. The number of benzene rings is 2. The predicted molar refractivity (Wildman–Crippen MR) is 87.1 cm³/mol. The molecule has 0 aromatic heterocycles. The monoisotopic (exact) mass is 274 g/mol. The van der Waals surface area contributed by atoms with Crippen molar-refractivity contribution in [3.63, 3.8) is 0 Å². The standard InChI is InChI=1S/C20H18O/c1-14-13-18(16-9-5-3-6-10-16)15(2)19(14)20(21)17-11-7-4-8-12-17/h3-13,15H,1-2H3. The van der Waals surface area contributed by atoms with E-state index in [1.807, 2.05) is 55.5 Å². The molecule has 0 N–H and O–H groups in total. The molecule has 0 fully saturated rings. The molecule has 1 aliphatic rings. The highest BCUT2D eigenvalue weighted by Crippen LogP contribution is 2.39. The predicted octanol–water partition coefficient (Wildman–Crippen LogP) is 4.92. The Hall–Kier alpha value is -2.41. The summed E-state index contributed by atoms with van der Waals surface area (Å²) in [5.74, 6) is 0.280. The van der Waals surface area contributed by atoms with Gasteiger partial charge in [0.1, 0.15) is 0 Å². The van der Waals surface area contributed by atoms with Gasteiger partial charge in [0.05, 0.1) is 0 Å². The fraction of sp³-hybridized carbons (Fsp3) is 0.150. The number of carbonyl (C=O) groups excluding carboxylic acids is 1. The highest BCUT2D eigenvalue weighted by Gasteiger charge is 2.28. The lowest BCUT2D eigenvalue weighted by Gasteiger charge is -2.14. The number of hydrogen-bond acceptors (Lipinski definition) is 1. The molecule has 2 aromatic rings. The zero-order chi connectivity index (χ0) is 14.8. The van der Waals surface area contributed by atoms with Crippen molar-refractivity contribution in [1.29, 1.82) is 0 Å². The molecule has 1 aliphatic carbocycles. The van der Waals surface area contributed by atoms with Crippen molar-refractivity contribution in [2.75, 3.05) is 0 Å². The van der Waals surface area contributed by atoms with Gasteiger partial charge in [0.25, 0.3) is 0 Å². The lowest BCUT2D eigenvalue weighted by Crippen LogP contribution is -2.10. The minimum absolute atomic E-state index is 0.139. The Bertz CT molecular complexity index is 721. The first kappa shape index (κ1) is 13.6. The van der Waals surface area contributed by atoms with Crippen LogP contribution >= 0.6 is 0 Å². The first-order valence-corrected chi connectivity index (χ1v) is 7.26. The molecular weight excluding hydrogens is 256 g/mol. The van der Waals surface area contributed by atoms with E-state index in [1.165, 1.54) is 11.1 Å². The Labute approximate surface area is 125 Å². The molecule has 0 saturated carbocycles. The van der Waals surface area contributed by atoms with E-state index < -0.39 is 0 Å². The van der Waals surface area contributed by atoms with Gasteiger partial charge in [-0.3, -0.25) is 4.79 Å². The topological polar surface area (TPSA) is 17.1 Å². The maximum atomic E-state index is 12.8. The Balaban J connectivity index is 1.94. The van der Waals surface area contributed by atoms with Gasteiger partial charge in [-0.15, -0.1) is 0 Å². The van der Waals surface area contributed by atoms with Crippen molar-refractivity contribution in [1.82, 2.24) is 0 Å². The molecule has 1 nitrogen and oxygen atoms in total. The van der Waals surface area contributed by atoms with Crippen molar-refractivity contribution >= 4 is 11.4 Å². The summed E-state index contributed by atoms with van der Waals surface area (Å²) < 4.78 is 0. The van der Waals surface area contributed by atoms with Crippen LogP contribution in [-0.2, 0) is 0 Å². The molecule has 1 unspecified atom stereocenters. The second kappa shape index (κ2) is 5.53. The van der Waals surface area contributed by atoms with Gasteiger partial charge in [-0.1, -0.05) is 73.7 Å². The van der Waals surface area contributed by atoms with Crippen LogP contribution in [0.5, 0.6) is 0 Å². The Morgan fingerprint density at radius 2 is 1.48 bits per heavy atom. The SMILES string of the molecule is CC1=C(C(=O)c2ccccc2)C(C)C(c2ccccc2)=C1. The van der Waals surface area contributed by atoms with Crippen LogP contribution in [-0.4, -0.2) is 5.78 Å². The summed E-state index contributed by atoms with van der Waals surface area (Å²) in [6.45, 7) is 4.15. The highest BCUT2D eigenvalue weighted by molar-refractivity contribution is 6.12. The quantitative estimate of drug-likeness (QED) is 0.726. The molecule has 0 aliphatic heterocycles. The smallest absolute Gasteiger partial charge is 0.189 e. The number of rotatable bonds is 3. The van der Waals surface area contributed by atoms with Gasteiger partial charge in [-0.05, 0) is 23.6 Å². The normalized spacial score (nSPS) is 17.8. The second-order valence-electron chi connectivity index (χ2n) is 5.48. The molecule has 1 atom stereocenters. The Morgan fingerprint density at radius 3 is 2.10 bits per heavy atom.